The minimum Gasteiger partial charge on any atom is -0.396 e. The van der Waals surface area contributed by atoms with E-state index in [0.717, 1.165) is 31.6 Å². The van der Waals surface area contributed by atoms with Crippen molar-refractivity contribution in [2.75, 3.05) is 30.3 Å². The number of rotatable bonds is 2. The molecular weight excluding hydrogens is 207 g/mol. The second-order valence-electron chi connectivity index (χ2n) is 4.31. The molecule has 0 radical (unpaired) electrons. The van der Waals surface area contributed by atoms with Gasteiger partial charge in [-0.05, 0) is 30.9 Å². The highest BCUT2D eigenvalue weighted by atomic mass is 19.1. The Labute approximate surface area is 94.7 Å². The number of nitrogen functional groups attached to an aromatic ring is 1. The molecule has 0 aliphatic carbocycles. The Morgan fingerprint density at radius 2 is 2.31 bits per heavy atom. The lowest BCUT2D eigenvalue weighted by Crippen LogP contribution is -2.37. The fraction of sp³-hybridized carbons (Fsp3) is 0.500. The topological polar surface area (TPSA) is 49.5 Å². The first-order valence-corrected chi connectivity index (χ1v) is 5.62. The first-order chi connectivity index (χ1) is 7.72. The van der Waals surface area contributed by atoms with E-state index in [1.54, 1.807) is 6.07 Å². The molecule has 1 atom stereocenters. The van der Waals surface area contributed by atoms with Crippen molar-refractivity contribution in [3.05, 3.63) is 24.0 Å². The summed E-state index contributed by atoms with van der Waals surface area (Å²) in [6.07, 6.45) is 2.05. The van der Waals surface area contributed by atoms with Gasteiger partial charge >= 0.3 is 0 Å². The molecule has 0 spiro atoms. The Hall–Kier alpha value is -1.29. The zero-order valence-electron chi connectivity index (χ0n) is 9.19. The number of halogens is 1. The zero-order valence-corrected chi connectivity index (χ0v) is 9.19. The number of piperidine rings is 1. The molecule has 1 heterocycles. The summed E-state index contributed by atoms with van der Waals surface area (Å²) in [6, 6.07) is 4.87. The predicted octanol–water partition coefficient (Wildman–Crippen LogP) is 1.62. The number of hydrogen-bond acceptors (Lipinski definition) is 3. The number of nitrogens with two attached hydrogens (primary N) is 1. The van der Waals surface area contributed by atoms with Crippen LogP contribution in [0.25, 0.3) is 0 Å². The van der Waals surface area contributed by atoms with Crippen molar-refractivity contribution in [2.45, 2.75) is 12.8 Å². The molecule has 0 bridgehead atoms. The Balaban J connectivity index is 2.20. The maximum atomic E-state index is 13.3. The van der Waals surface area contributed by atoms with E-state index in [1.807, 2.05) is 6.07 Å². The van der Waals surface area contributed by atoms with Crippen molar-refractivity contribution in [2.24, 2.45) is 5.92 Å². The van der Waals surface area contributed by atoms with Gasteiger partial charge in [-0.1, -0.05) is 6.07 Å². The molecule has 0 amide bonds. The van der Waals surface area contributed by atoms with Crippen molar-refractivity contribution in [1.82, 2.24) is 0 Å². The molecule has 0 saturated carbocycles. The van der Waals surface area contributed by atoms with Crippen LogP contribution in [-0.4, -0.2) is 24.8 Å². The molecule has 3 nitrogen and oxygen atoms in total. The number of benzene rings is 1. The van der Waals surface area contributed by atoms with Crippen LogP contribution in [0.15, 0.2) is 18.2 Å². The highest BCUT2D eigenvalue weighted by Gasteiger charge is 2.21. The summed E-state index contributed by atoms with van der Waals surface area (Å²) >= 11 is 0. The molecular formula is C12H17FN2O. The van der Waals surface area contributed by atoms with E-state index in [1.165, 1.54) is 6.07 Å². The van der Waals surface area contributed by atoms with Crippen molar-refractivity contribution < 1.29 is 9.50 Å². The average molecular weight is 224 g/mol. The van der Waals surface area contributed by atoms with Gasteiger partial charge < -0.3 is 15.7 Å². The van der Waals surface area contributed by atoms with E-state index in [2.05, 4.69) is 4.90 Å². The largest absolute Gasteiger partial charge is 0.396 e. The van der Waals surface area contributed by atoms with Crippen LogP contribution in [0, 0.1) is 11.7 Å². The highest BCUT2D eigenvalue weighted by molar-refractivity contribution is 5.68. The van der Waals surface area contributed by atoms with Gasteiger partial charge in [-0.25, -0.2) is 4.39 Å². The molecule has 1 aliphatic rings. The summed E-state index contributed by atoms with van der Waals surface area (Å²) in [5.74, 6) is -0.0972. The summed E-state index contributed by atoms with van der Waals surface area (Å²) in [5, 5.41) is 9.15. The third kappa shape index (κ3) is 2.11. The molecule has 1 aromatic carbocycles. The quantitative estimate of drug-likeness (QED) is 0.750. The average Bonchev–Trinajstić information content (AvgIpc) is 2.33. The third-order valence-corrected chi connectivity index (χ3v) is 3.15. The fourth-order valence-corrected chi connectivity index (χ4v) is 2.23. The maximum absolute atomic E-state index is 13.3. The van der Waals surface area contributed by atoms with Gasteiger partial charge in [-0.3, -0.25) is 0 Å². The smallest absolute Gasteiger partial charge is 0.148 e. The van der Waals surface area contributed by atoms with Gasteiger partial charge in [0.15, 0.2) is 0 Å². The van der Waals surface area contributed by atoms with E-state index >= 15 is 0 Å². The second kappa shape index (κ2) is 4.70. The van der Waals surface area contributed by atoms with Crippen LogP contribution >= 0.6 is 0 Å². The van der Waals surface area contributed by atoms with Gasteiger partial charge in [0.2, 0.25) is 0 Å². The van der Waals surface area contributed by atoms with Gasteiger partial charge in [0.05, 0.1) is 11.4 Å². The molecule has 16 heavy (non-hydrogen) atoms. The molecule has 1 aromatic rings. The standard InChI is InChI=1S/C12H17FN2O/c13-10-4-1-5-11(12(10)14)15-6-2-3-9(7-15)8-16/h1,4-5,9,16H,2-3,6-8,14H2. The number of anilines is 2. The van der Waals surface area contributed by atoms with E-state index in [9.17, 15) is 4.39 Å². The van der Waals surface area contributed by atoms with Crippen molar-refractivity contribution in [1.29, 1.82) is 0 Å². The van der Waals surface area contributed by atoms with Crippen LogP contribution in [0.4, 0.5) is 15.8 Å². The molecule has 88 valence electrons. The van der Waals surface area contributed by atoms with Gasteiger partial charge in [-0.2, -0.15) is 0 Å². The Morgan fingerprint density at radius 3 is 3.06 bits per heavy atom. The molecule has 3 N–H and O–H groups in total. The summed E-state index contributed by atoms with van der Waals surface area (Å²) in [5.41, 5.74) is 6.68. The lowest BCUT2D eigenvalue weighted by molar-refractivity contribution is 0.209. The van der Waals surface area contributed by atoms with E-state index < -0.39 is 0 Å². The predicted molar refractivity (Wildman–Crippen MR) is 62.8 cm³/mol. The Morgan fingerprint density at radius 1 is 1.50 bits per heavy atom. The lowest BCUT2D eigenvalue weighted by Gasteiger charge is -2.34. The Bertz CT molecular complexity index is 370. The van der Waals surface area contributed by atoms with Crippen molar-refractivity contribution in [3.8, 4) is 0 Å². The summed E-state index contributed by atoms with van der Waals surface area (Å²) in [7, 11) is 0. The van der Waals surface area contributed by atoms with E-state index in [0.29, 0.717) is 0 Å². The highest BCUT2D eigenvalue weighted by Crippen LogP contribution is 2.29. The van der Waals surface area contributed by atoms with Crippen LogP contribution in [0.1, 0.15) is 12.8 Å². The molecule has 1 fully saturated rings. The van der Waals surface area contributed by atoms with Crippen LogP contribution in [0.2, 0.25) is 0 Å². The molecule has 4 heteroatoms. The lowest BCUT2D eigenvalue weighted by atomic mass is 9.98. The third-order valence-electron chi connectivity index (χ3n) is 3.15. The minimum absolute atomic E-state index is 0.186. The minimum atomic E-state index is -0.372. The maximum Gasteiger partial charge on any atom is 0.148 e. The van der Waals surface area contributed by atoms with Crippen molar-refractivity contribution >= 4 is 11.4 Å². The number of aliphatic hydroxyl groups is 1. The first-order valence-electron chi connectivity index (χ1n) is 5.62. The number of hydrogen-bond donors (Lipinski definition) is 2. The van der Waals surface area contributed by atoms with Gasteiger partial charge in [-0.15, -0.1) is 0 Å². The SMILES string of the molecule is Nc1c(F)cccc1N1CCCC(CO)C1. The van der Waals surface area contributed by atoms with Gasteiger partial charge in [0, 0.05) is 19.7 Å². The van der Waals surface area contributed by atoms with Crippen LogP contribution in [-0.2, 0) is 0 Å². The van der Waals surface area contributed by atoms with Gasteiger partial charge in [0.1, 0.15) is 5.82 Å². The van der Waals surface area contributed by atoms with Crippen LogP contribution in [0.3, 0.4) is 0 Å². The summed E-state index contributed by atoms with van der Waals surface area (Å²) < 4.78 is 13.3. The fourth-order valence-electron chi connectivity index (χ4n) is 2.23. The van der Waals surface area contributed by atoms with E-state index in [-0.39, 0.29) is 24.0 Å². The first kappa shape index (κ1) is 11.2. The van der Waals surface area contributed by atoms with Crippen molar-refractivity contribution in [3.63, 3.8) is 0 Å². The number of aliphatic hydroxyl groups excluding tert-OH is 1. The second-order valence-corrected chi connectivity index (χ2v) is 4.31. The zero-order chi connectivity index (χ0) is 11.5. The molecule has 2 rings (SSSR count). The number of nitrogens with zero attached hydrogens (tertiary/aromatic N) is 1. The Kier molecular flexibility index (Phi) is 3.29. The monoisotopic (exact) mass is 224 g/mol. The summed E-state index contributed by atoms with van der Waals surface area (Å²) in [4.78, 5) is 2.06. The molecule has 1 aliphatic heterocycles. The molecule has 1 unspecified atom stereocenters. The molecule has 1 saturated heterocycles. The van der Waals surface area contributed by atoms with Gasteiger partial charge in [0.25, 0.3) is 0 Å². The number of para-hydroxylation sites is 1. The van der Waals surface area contributed by atoms with Crippen LogP contribution < -0.4 is 10.6 Å². The van der Waals surface area contributed by atoms with E-state index in [4.69, 9.17) is 10.8 Å². The molecule has 0 aromatic heterocycles. The van der Waals surface area contributed by atoms with Crippen LogP contribution in [0.5, 0.6) is 0 Å². The normalized spacial score (nSPS) is 21.1. The summed E-state index contributed by atoms with van der Waals surface area (Å²) in [6.45, 7) is 1.82.